The van der Waals surface area contributed by atoms with Gasteiger partial charge in [-0.1, -0.05) is 20.8 Å². The van der Waals surface area contributed by atoms with Gasteiger partial charge in [-0.3, -0.25) is 0 Å². The minimum atomic E-state index is 0.657. The monoisotopic (exact) mass is 262 g/mol. The molecule has 104 valence electrons. The Morgan fingerprint density at radius 2 is 2.11 bits per heavy atom. The standard InChI is InChI=1S/C14H22N4O/c1-4-13-16-14(5-2)18(17-13)10-12-11(7-8-19-12)9-15-6-3/h7-8,15H,4-6,9-10H2,1-3H3. The Morgan fingerprint density at radius 1 is 1.26 bits per heavy atom. The van der Waals surface area contributed by atoms with Crippen LogP contribution < -0.4 is 5.32 Å². The molecule has 5 heteroatoms. The highest BCUT2D eigenvalue weighted by atomic mass is 16.3. The molecule has 0 unspecified atom stereocenters. The summed E-state index contributed by atoms with van der Waals surface area (Å²) >= 11 is 0. The summed E-state index contributed by atoms with van der Waals surface area (Å²) in [6.07, 6.45) is 3.49. The number of aromatic nitrogens is 3. The zero-order valence-corrected chi connectivity index (χ0v) is 11.9. The molecule has 0 aliphatic rings. The maximum atomic E-state index is 5.58. The van der Waals surface area contributed by atoms with E-state index in [9.17, 15) is 0 Å². The fourth-order valence-electron chi connectivity index (χ4n) is 2.02. The molecule has 19 heavy (non-hydrogen) atoms. The summed E-state index contributed by atoms with van der Waals surface area (Å²) in [5.41, 5.74) is 1.19. The minimum absolute atomic E-state index is 0.657. The molecule has 0 bridgehead atoms. The fourth-order valence-corrected chi connectivity index (χ4v) is 2.02. The highest BCUT2D eigenvalue weighted by Gasteiger charge is 2.12. The first-order chi connectivity index (χ1) is 9.28. The van der Waals surface area contributed by atoms with E-state index < -0.39 is 0 Å². The maximum absolute atomic E-state index is 5.58. The zero-order chi connectivity index (χ0) is 13.7. The lowest BCUT2D eigenvalue weighted by Crippen LogP contribution is -2.14. The van der Waals surface area contributed by atoms with Crippen LogP contribution in [0.15, 0.2) is 16.7 Å². The molecular formula is C14H22N4O. The van der Waals surface area contributed by atoms with Crippen LogP contribution in [0.3, 0.4) is 0 Å². The van der Waals surface area contributed by atoms with Crippen LogP contribution in [0.5, 0.6) is 0 Å². The Hall–Kier alpha value is -1.62. The molecule has 2 rings (SSSR count). The number of aryl methyl sites for hydroxylation is 2. The fraction of sp³-hybridized carbons (Fsp3) is 0.571. The van der Waals surface area contributed by atoms with Crippen molar-refractivity contribution < 1.29 is 4.42 Å². The van der Waals surface area contributed by atoms with Gasteiger partial charge in [0.2, 0.25) is 0 Å². The smallest absolute Gasteiger partial charge is 0.150 e. The van der Waals surface area contributed by atoms with Gasteiger partial charge in [0.25, 0.3) is 0 Å². The SMILES string of the molecule is CCNCc1ccoc1Cn1nc(CC)nc1CC. The van der Waals surface area contributed by atoms with Crippen LogP contribution in [0, 0.1) is 0 Å². The van der Waals surface area contributed by atoms with E-state index in [-0.39, 0.29) is 0 Å². The van der Waals surface area contributed by atoms with Crippen molar-refractivity contribution in [1.29, 1.82) is 0 Å². The lowest BCUT2D eigenvalue weighted by atomic mass is 10.2. The summed E-state index contributed by atoms with van der Waals surface area (Å²) in [5.74, 6) is 2.88. The van der Waals surface area contributed by atoms with Crippen molar-refractivity contribution in [2.75, 3.05) is 6.54 Å². The van der Waals surface area contributed by atoms with Crippen LogP contribution in [-0.4, -0.2) is 21.3 Å². The van der Waals surface area contributed by atoms with Gasteiger partial charge in [-0.25, -0.2) is 9.67 Å². The van der Waals surface area contributed by atoms with E-state index in [2.05, 4.69) is 36.2 Å². The molecule has 2 aromatic rings. The molecule has 0 aromatic carbocycles. The molecule has 0 saturated heterocycles. The molecule has 0 radical (unpaired) electrons. The number of furan rings is 1. The third kappa shape index (κ3) is 3.23. The molecule has 0 aliphatic heterocycles. The highest BCUT2D eigenvalue weighted by Crippen LogP contribution is 2.13. The van der Waals surface area contributed by atoms with Crippen molar-refractivity contribution in [1.82, 2.24) is 20.1 Å². The third-order valence-electron chi connectivity index (χ3n) is 3.12. The molecule has 2 aromatic heterocycles. The number of rotatable bonds is 7. The topological polar surface area (TPSA) is 55.9 Å². The molecule has 0 spiro atoms. The molecule has 0 amide bonds. The van der Waals surface area contributed by atoms with E-state index >= 15 is 0 Å². The average molecular weight is 262 g/mol. The number of nitrogens with zero attached hydrogens (tertiary/aromatic N) is 3. The molecule has 2 heterocycles. The minimum Gasteiger partial charge on any atom is -0.467 e. The predicted octanol–water partition coefficient (Wildman–Crippen LogP) is 2.15. The Morgan fingerprint density at radius 3 is 2.79 bits per heavy atom. The van der Waals surface area contributed by atoms with E-state index in [1.807, 2.05) is 10.7 Å². The van der Waals surface area contributed by atoms with Crippen molar-refractivity contribution in [3.63, 3.8) is 0 Å². The van der Waals surface area contributed by atoms with Crippen LogP contribution in [0.25, 0.3) is 0 Å². The van der Waals surface area contributed by atoms with Gasteiger partial charge in [-0.15, -0.1) is 0 Å². The molecule has 0 saturated carbocycles. The summed E-state index contributed by atoms with van der Waals surface area (Å²) < 4.78 is 7.53. The number of hydrogen-bond donors (Lipinski definition) is 1. The van der Waals surface area contributed by atoms with E-state index in [1.165, 1.54) is 5.56 Å². The zero-order valence-electron chi connectivity index (χ0n) is 11.9. The van der Waals surface area contributed by atoms with Gasteiger partial charge in [0, 0.05) is 24.9 Å². The molecular weight excluding hydrogens is 240 g/mol. The van der Waals surface area contributed by atoms with Crippen molar-refractivity contribution in [3.05, 3.63) is 35.3 Å². The molecule has 5 nitrogen and oxygen atoms in total. The molecule has 1 N–H and O–H groups in total. The van der Waals surface area contributed by atoms with Crippen molar-refractivity contribution in [3.8, 4) is 0 Å². The Bertz CT molecular complexity index is 515. The normalized spacial score (nSPS) is 11.1. The second-order valence-corrected chi connectivity index (χ2v) is 4.46. The van der Waals surface area contributed by atoms with Crippen LogP contribution in [-0.2, 0) is 25.9 Å². The molecule has 0 atom stereocenters. The summed E-state index contributed by atoms with van der Waals surface area (Å²) in [5, 5.41) is 7.84. The molecule has 0 fully saturated rings. The largest absolute Gasteiger partial charge is 0.467 e. The Labute approximate surface area is 114 Å². The van der Waals surface area contributed by atoms with Gasteiger partial charge in [-0.05, 0) is 12.6 Å². The van der Waals surface area contributed by atoms with E-state index in [0.29, 0.717) is 6.54 Å². The van der Waals surface area contributed by atoms with E-state index in [4.69, 9.17) is 4.42 Å². The van der Waals surface area contributed by atoms with E-state index in [1.54, 1.807) is 6.26 Å². The summed E-state index contributed by atoms with van der Waals surface area (Å²) in [6.45, 7) is 8.71. The van der Waals surface area contributed by atoms with E-state index in [0.717, 1.165) is 43.3 Å². The lowest BCUT2D eigenvalue weighted by molar-refractivity contribution is 0.465. The number of hydrogen-bond acceptors (Lipinski definition) is 4. The summed E-state index contributed by atoms with van der Waals surface area (Å²) in [7, 11) is 0. The van der Waals surface area contributed by atoms with Gasteiger partial charge in [-0.2, -0.15) is 5.10 Å². The highest BCUT2D eigenvalue weighted by molar-refractivity contribution is 5.17. The average Bonchev–Trinajstić information content (AvgIpc) is 3.03. The van der Waals surface area contributed by atoms with Crippen LogP contribution in [0.2, 0.25) is 0 Å². The van der Waals surface area contributed by atoms with Gasteiger partial charge >= 0.3 is 0 Å². The predicted molar refractivity (Wildman–Crippen MR) is 74.0 cm³/mol. The summed E-state index contributed by atoms with van der Waals surface area (Å²) in [6, 6.07) is 2.02. The van der Waals surface area contributed by atoms with Crippen molar-refractivity contribution in [2.45, 2.75) is 46.7 Å². The first-order valence-electron chi connectivity index (χ1n) is 6.97. The first-order valence-corrected chi connectivity index (χ1v) is 6.97. The Kier molecular flexibility index (Phi) is 4.74. The second-order valence-electron chi connectivity index (χ2n) is 4.46. The Balaban J connectivity index is 2.16. The van der Waals surface area contributed by atoms with Gasteiger partial charge < -0.3 is 9.73 Å². The van der Waals surface area contributed by atoms with Gasteiger partial charge in [0.05, 0.1) is 6.26 Å². The molecule has 0 aliphatic carbocycles. The van der Waals surface area contributed by atoms with Crippen LogP contribution in [0.1, 0.15) is 43.7 Å². The van der Waals surface area contributed by atoms with Crippen molar-refractivity contribution in [2.24, 2.45) is 0 Å². The maximum Gasteiger partial charge on any atom is 0.150 e. The lowest BCUT2D eigenvalue weighted by Gasteiger charge is -2.05. The summed E-state index contributed by atoms with van der Waals surface area (Å²) in [4.78, 5) is 4.51. The van der Waals surface area contributed by atoms with Crippen LogP contribution in [0.4, 0.5) is 0 Å². The van der Waals surface area contributed by atoms with Crippen LogP contribution >= 0.6 is 0 Å². The second kappa shape index (κ2) is 6.52. The number of nitrogens with one attached hydrogen (secondary N) is 1. The first kappa shape index (κ1) is 13.8. The quantitative estimate of drug-likeness (QED) is 0.830. The third-order valence-corrected chi connectivity index (χ3v) is 3.12. The van der Waals surface area contributed by atoms with Crippen molar-refractivity contribution >= 4 is 0 Å². The van der Waals surface area contributed by atoms with Gasteiger partial charge in [0.1, 0.15) is 18.1 Å². The van der Waals surface area contributed by atoms with Gasteiger partial charge in [0.15, 0.2) is 5.82 Å².